The predicted molar refractivity (Wildman–Crippen MR) is 107 cm³/mol. The third kappa shape index (κ3) is 3.59. The molecule has 0 spiro atoms. The summed E-state index contributed by atoms with van der Waals surface area (Å²) >= 11 is 9.10. The summed E-state index contributed by atoms with van der Waals surface area (Å²) in [5.41, 5.74) is -1.35. The molecule has 3 aromatic rings. The van der Waals surface area contributed by atoms with Gasteiger partial charge in [0.1, 0.15) is 0 Å². The Morgan fingerprint density at radius 1 is 1.26 bits per heavy atom. The molecule has 0 N–H and O–H groups in total. The third-order valence-electron chi connectivity index (χ3n) is 3.80. The van der Waals surface area contributed by atoms with Crippen molar-refractivity contribution in [3.05, 3.63) is 55.1 Å². The molecule has 1 aromatic carbocycles. The molecule has 10 heteroatoms. The summed E-state index contributed by atoms with van der Waals surface area (Å²) in [7, 11) is 3.19. The molecule has 4 nitrogen and oxygen atoms in total. The van der Waals surface area contributed by atoms with Crippen molar-refractivity contribution in [2.75, 3.05) is 14.1 Å². The van der Waals surface area contributed by atoms with Crippen LogP contribution in [0.5, 0.6) is 0 Å². The average Bonchev–Trinajstić information content (AvgIpc) is 3.13. The van der Waals surface area contributed by atoms with E-state index in [-0.39, 0.29) is 10.9 Å². The molecule has 0 aliphatic heterocycles. The van der Waals surface area contributed by atoms with Crippen molar-refractivity contribution in [1.82, 2.24) is 9.47 Å². The molecule has 0 radical (unpaired) electrons. The van der Waals surface area contributed by atoms with E-state index in [0.29, 0.717) is 18.7 Å². The van der Waals surface area contributed by atoms with E-state index in [1.165, 1.54) is 34.6 Å². The lowest BCUT2D eigenvalue weighted by molar-refractivity contribution is -0.137. The molecule has 27 heavy (non-hydrogen) atoms. The molecule has 0 aliphatic rings. The van der Waals surface area contributed by atoms with Crippen LogP contribution < -0.4 is 0 Å². The average molecular weight is 527 g/mol. The van der Waals surface area contributed by atoms with E-state index >= 15 is 0 Å². The first-order valence-electron chi connectivity index (χ1n) is 7.44. The Kier molecular flexibility index (Phi) is 5.30. The number of nitrogens with zero attached hydrogens (tertiary/aromatic N) is 2. The van der Waals surface area contributed by atoms with Gasteiger partial charge in [-0.25, -0.2) is 0 Å². The molecule has 142 valence electrons. The Hall–Kier alpha value is -1.59. The number of carbonyl (C=O) groups excluding carboxylic acids is 2. The lowest BCUT2D eigenvalue weighted by atomic mass is 10.1. The van der Waals surface area contributed by atoms with Crippen molar-refractivity contribution < 1.29 is 22.8 Å². The molecule has 0 saturated heterocycles. The lowest BCUT2D eigenvalue weighted by Crippen LogP contribution is -2.20. The van der Waals surface area contributed by atoms with Crippen LogP contribution in [0, 0.1) is 3.57 Å². The van der Waals surface area contributed by atoms with Crippen molar-refractivity contribution in [1.29, 1.82) is 0 Å². The molecule has 2 heterocycles. The number of amides is 1. The van der Waals surface area contributed by atoms with Crippen molar-refractivity contribution >= 4 is 67.6 Å². The second-order valence-corrected chi connectivity index (χ2v) is 8.46. The summed E-state index contributed by atoms with van der Waals surface area (Å²) < 4.78 is 42.5. The van der Waals surface area contributed by atoms with Crippen LogP contribution in [0.25, 0.3) is 10.2 Å². The van der Waals surface area contributed by atoms with Gasteiger partial charge >= 0.3 is 6.18 Å². The maximum atomic E-state index is 13.4. The van der Waals surface area contributed by atoms with Crippen molar-refractivity contribution in [2.24, 2.45) is 0 Å². The minimum atomic E-state index is -4.73. The van der Waals surface area contributed by atoms with Crippen molar-refractivity contribution in [2.45, 2.75) is 6.18 Å². The molecular weight excluding hydrogens is 516 g/mol. The minimum Gasteiger partial charge on any atom is -0.344 e. The summed E-state index contributed by atoms with van der Waals surface area (Å²) in [4.78, 5) is 26.9. The zero-order chi connectivity index (χ0) is 20.1. The zero-order valence-corrected chi connectivity index (χ0v) is 17.6. The molecule has 1 amide bonds. The highest BCUT2D eigenvalue weighted by atomic mass is 127. The van der Waals surface area contributed by atoms with E-state index in [4.69, 9.17) is 11.6 Å². The van der Waals surface area contributed by atoms with Crippen LogP contribution in [-0.4, -0.2) is 35.4 Å². The molecule has 2 aromatic heterocycles. The first-order valence-corrected chi connectivity index (χ1v) is 9.72. The highest BCUT2D eigenvalue weighted by Gasteiger charge is 2.37. The fourth-order valence-electron chi connectivity index (χ4n) is 2.56. The Bertz CT molecular complexity index is 1070. The number of benzene rings is 1. The SMILES string of the molecule is CN(C)C(=O)c1cc2c(s1)c(I)cn2C(=O)c1c(Cl)cccc1C(F)(F)F. The van der Waals surface area contributed by atoms with E-state index in [0.717, 1.165) is 16.7 Å². The van der Waals surface area contributed by atoms with E-state index in [1.807, 2.05) is 22.6 Å². The molecule has 0 bridgehead atoms. The molecule has 0 fully saturated rings. The monoisotopic (exact) mass is 526 g/mol. The summed E-state index contributed by atoms with van der Waals surface area (Å²) in [6.45, 7) is 0. The van der Waals surface area contributed by atoms with Crippen LogP contribution in [0.1, 0.15) is 25.6 Å². The predicted octanol–water partition coefficient (Wildman–Crippen LogP) is 5.37. The zero-order valence-electron chi connectivity index (χ0n) is 13.9. The van der Waals surface area contributed by atoms with Gasteiger partial charge in [0.25, 0.3) is 11.8 Å². The van der Waals surface area contributed by atoms with Gasteiger partial charge in [0, 0.05) is 23.9 Å². The van der Waals surface area contributed by atoms with Crippen molar-refractivity contribution in [3.8, 4) is 0 Å². The maximum absolute atomic E-state index is 13.4. The lowest BCUT2D eigenvalue weighted by Gasteiger charge is -2.14. The normalized spacial score (nSPS) is 11.8. The van der Waals surface area contributed by atoms with E-state index in [9.17, 15) is 22.8 Å². The van der Waals surface area contributed by atoms with Gasteiger partial charge in [0.05, 0.1) is 31.2 Å². The van der Waals surface area contributed by atoms with Crippen LogP contribution in [-0.2, 0) is 6.18 Å². The smallest absolute Gasteiger partial charge is 0.344 e. The number of aromatic nitrogens is 1. The first kappa shape index (κ1) is 20.2. The molecular formula is C17H11ClF3IN2O2S. The second-order valence-electron chi connectivity index (χ2n) is 5.84. The Morgan fingerprint density at radius 3 is 2.52 bits per heavy atom. The number of rotatable bonds is 2. The number of carbonyl (C=O) groups is 2. The van der Waals surface area contributed by atoms with Crippen molar-refractivity contribution in [3.63, 3.8) is 0 Å². The Balaban J connectivity index is 2.20. The minimum absolute atomic E-state index is 0.250. The molecule has 0 atom stereocenters. The number of thiophene rings is 1. The van der Waals surface area contributed by atoms with E-state index in [2.05, 4.69) is 0 Å². The van der Waals surface area contributed by atoms with Gasteiger partial charge in [-0.15, -0.1) is 11.3 Å². The number of halogens is 5. The fraction of sp³-hybridized carbons (Fsp3) is 0.176. The summed E-state index contributed by atoms with van der Waals surface area (Å²) in [6, 6.07) is 4.71. The number of fused-ring (bicyclic) bond motifs is 1. The topological polar surface area (TPSA) is 42.3 Å². The second kappa shape index (κ2) is 7.10. The van der Waals surface area contributed by atoms with Gasteiger partial charge in [-0.2, -0.15) is 13.2 Å². The van der Waals surface area contributed by atoms with Gasteiger partial charge in [-0.1, -0.05) is 17.7 Å². The van der Waals surface area contributed by atoms with Gasteiger partial charge in [0.15, 0.2) is 0 Å². The summed E-state index contributed by atoms with van der Waals surface area (Å²) in [5.74, 6) is -1.15. The van der Waals surface area contributed by atoms with Gasteiger partial charge < -0.3 is 4.90 Å². The van der Waals surface area contributed by atoms with Crippen LogP contribution in [0.3, 0.4) is 0 Å². The summed E-state index contributed by atoms with van der Waals surface area (Å²) in [5, 5.41) is -0.286. The molecule has 0 aliphatic carbocycles. The van der Waals surface area contributed by atoms with Gasteiger partial charge in [-0.05, 0) is 40.8 Å². The third-order valence-corrected chi connectivity index (χ3v) is 6.44. The maximum Gasteiger partial charge on any atom is 0.417 e. The largest absolute Gasteiger partial charge is 0.417 e. The van der Waals surface area contributed by atoms with Crippen LogP contribution in [0.2, 0.25) is 5.02 Å². The van der Waals surface area contributed by atoms with Crippen LogP contribution in [0.4, 0.5) is 13.2 Å². The first-order chi connectivity index (χ1) is 12.5. The van der Waals surface area contributed by atoms with Crippen LogP contribution in [0.15, 0.2) is 30.5 Å². The molecule has 0 unspecified atom stereocenters. The molecule has 0 saturated carbocycles. The highest BCUT2D eigenvalue weighted by molar-refractivity contribution is 14.1. The summed E-state index contributed by atoms with van der Waals surface area (Å²) in [6.07, 6.45) is -3.28. The standard InChI is InChI=1S/C17H11ClF3IN2O2S/c1-23(2)15(25)12-6-11-14(27-12)10(22)7-24(11)16(26)13-8(17(19,20)21)4-3-5-9(13)18/h3-7H,1-2H3. The highest BCUT2D eigenvalue weighted by Crippen LogP contribution is 2.37. The quantitative estimate of drug-likeness (QED) is 0.422. The Morgan fingerprint density at radius 2 is 1.93 bits per heavy atom. The number of hydrogen-bond acceptors (Lipinski definition) is 3. The van der Waals surface area contributed by atoms with Crippen LogP contribution >= 0.6 is 45.5 Å². The Labute approximate surface area is 174 Å². The number of hydrogen-bond donors (Lipinski definition) is 0. The number of alkyl halides is 3. The molecule has 3 rings (SSSR count). The van der Waals surface area contributed by atoms with E-state index < -0.39 is 23.2 Å². The fourth-order valence-corrected chi connectivity index (χ4v) is 4.78. The van der Waals surface area contributed by atoms with Gasteiger partial charge in [0.2, 0.25) is 0 Å². The van der Waals surface area contributed by atoms with Gasteiger partial charge in [-0.3, -0.25) is 14.2 Å². The van der Waals surface area contributed by atoms with E-state index in [1.54, 1.807) is 14.1 Å².